The fourth-order valence-corrected chi connectivity index (χ4v) is 4.40. The summed E-state index contributed by atoms with van der Waals surface area (Å²) in [5.41, 5.74) is 1.44. The van der Waals surface area contributed by atoms with Gasteiger partial charge in [-0.15, -0.1) is 0 Å². The van der Waals surface area contributed by atoms with E-state index in [1.165, 1.54) is 37.7 Å². The molecule has 2 heteroatoms. The molecule has 0 amide bonds. The third-order valence-corrected chi connectivity index (χ3v) is 6.84. The van der Waals surface area contributed by atoms with Gasteiger partial charge in [-0.2, -0.15) is 0 Å². The van der Waals surface area contributed by atoms with E-state index >= 15 is 0 Å². The van der Waals surface area contributed by atoms with E-state index in [0.717, 1.165) is 18.5 Å². The van der Waals surface area contributed by atoms with Crippen LogP contribution in [0.5, 0.6) is 0 Å². The second-order valence-electron chi connectivity index (χ2n) is 7.47. The van der Waals surface area contributed by atoms with E-state index in [1.54, 1.807) is 5.19 Å². The first-order valence-electron chi connectivity index (χ1n) is 8.32. The third-order valence-electron chi connectivity index (χ3n) is 4.77. The van der Waals surface area contributed by atoms with Gasteiger partial charge in [0.15, 0.2) is 0 Å². The van der Waals surface area contributed by atoms with Crippen molar-refractivity contribution in [3.05, 3.63) is 29.8 Å². The maximum absolute atomic E-state index is 3.77. The topological polar surface area (TPSA) is 12.0 Å². The van der Waals surface area contributed by atoms with Crippen molar-refractivity contribution < 1.29 is 0 Å². The molecule has 1 aromatic rings. The van der Waals surface area contributed by atoms with Crippen LogP contribution < -0.4 is 10.5 Å². The standard InChI is InChI=1S/C18H31NSi/c1-5-15-7-6-8-17(13-15)19-14-16-9-11-18(12-10-16)20(2,3)4/h9-12,15,17,19H,5-8,13-14H2,1-4H3. The molecule has 0 heterocycles. The van der Waals surface area contributed by atoms with E-state index in [0.29, 0.717) is 0 Å². The quantitative estimate of drug-likeness (QED) is 0.797. The summed E-state index contributed by atoms with van der Waals surface area (Å²) in [5, 5.41) is 5.33. The first-order valence-corrected chi connectivity index (χ1v) is 11.8. The van der Waals surface area contributed by atoms with Crippen LogP contribution in [0, 0.1) is 5.92 Å². The molecule has 0 spiro atoms. The van der Waals surface area contributed by atoms with Crippen LogP contribution in [0.25, 0.3) is 0 Å². The van der Waals surface area contributed by atoms with E-state index < -0.39 is 8.07 Å². The van der Waals surface area contributed by atoms with E-state index in [9.17, 15) is 0 Å². The van der Waals surface area contributed by atoms with Gasteiger partial charge in [-0.05, 0) is 24.3 Å². The number of nitrogens with one attached hydrogen (secondary N) is 1. The Kier molecular flexibility index (Phi) is 5.45. The number of benzene rings is 1. The summed E-state index contributed by atoms with van der Waals surface area (Å²) < 4.78 is 0. The van der Waals surface area contributed by atoms with Gasteiger partial charge in [0.1, 0.15) is 0 Å². The van der Waals surface area contributed by atoms with Gasteiger partial charge in [0, 0.05) is 12.6 Å². The molecule has 0 bridgehead atoms. The first kappa shape index (κ1) is 15.8. The van der Waals surface area contributed by atoms with Crippen molar-refractivity contribution in [2.24, 2.45) is 5.92 Å². The van der Waals surface area contributed by atoms with Gasteiger partial charge in [0.25, 0.3) is 0 Å². The molecule has 0 radical (unpaired) electrons. The van der Waals surface area contributed by atoms with Crippen molar-refractivity contribution in [2.75, 3.05) is 0 Å². The molecule has 0 saturated heterocycles. The minimum Gasteiger partial charge on any atom is -0.310 e. The average molecular weight is 290 g/mol. The molecule has 1 fully saturated rings. The lowest BCUT2D eigenvalue weighted by molar-refractivity contribution is 0.278. The van der Waals surface area contributed by atoms with Gasteiger partial charge in [-0.25, -0.2) is 0 Å². The minimum absolute atomic E-state index is 0.741. The molecule has 0 aliphatic heterocycles. The maximum Gasteiger partial charge on any atom is 0.0775 e. The molecular formula is C18H31NSi. The molecule has 20 heavy (non-hydrogen) atoms. The zero-order valence-electron chi connectivity index (χ0n) is 13.7. The van der Waals surface area contributed by atoms with Gasteiger partial charge in [-0.3, -0.25) is 0 Å². The Bertz CT molecular complexity index is 404. The predicted molar refractivity (Wildman–Crippen MR) is 92.3 cm³/mol. The third kappa shape index (κ3) is 4.46. The molecule has 112 valence electrons. The Hall–Kier alpha value is -0.603. The van der Waals surface area contributed by atoms with Gasteiger partial charge in [0.05, 0.1) is 8.07 Å². The molecule has 2 unspecified atom stereocenters. The molecule has 1 aliphatic carbocycles. The highest BCUT2D eigenvalue weighted by Crippen LogP contribution is 2.26. The Morgan fingerprint density at radius 1 is 1.10 bits per heavy atom. The van der Waals surface area contributed by atoms with Crippen molar-refractivity contribution in [2.45, 2.75) is 71.3 Å². The normalized spacial score (nSPS) is 23.8. The highest BCUT2D eigenvalue weighted by molar-refractivity contribution is 6.88. The molecule has 1 aliphatic rings. The molecule has 1 N–H and O–H groups in total. The van der Waals surface area contributed by atoms with E-state index in [2.05, 4.69) is 56.1 Å². The Balaban J connectivity index is 1.85. The van der Waals surface area contributed by atoms with Gasteiger partial charge < -0.3 is 5.32 Å². The molecular weight excluding hydrogens is 258 g/mol. The smallest absolute Gasteiger partial charge is 0.0775 e. The van der Waals surface area contributed by atoms with Crippen LogP contribution >= 0.6 is 0 Å². The second-order valence-corrected chi connectivity index (χ2v) is 12.5. The summed E-state index contributed by atoms with van der Waals surface area (Å²) in [5.74, 6) is 0.954. The molecule has 0 aromatic heterocycles. The van der Waals surface area contributed by atoms with Crippen LogP contribution in [0.1, 0.15) is 44.6 Å². The molecule has 1 nitrogen and oxygen atoms in total. The van der Waals surface area contributed by atoms with Crippen LogP contribution in [-0.4, -0.2) is 14.1 Å². The fourth-order valence-electron chi connectivity index (χ4n) is 3.23. The molecule has 1 aromatic carbocycles. The lowest BCUT2D eigenvalue weighted by Gasteiger charge is -2.29. The van der Waals surface area contributed by atoms with Crippen LogP contribution in [0.2, 0.25) is 19.6 Å². The van der Waals surface area contributed by atoms with Crippen molar-refractivity contribution in [1.82, 2.24) is 5.32 Å². The Labute approximate surface area is 126 Å². The molecule has 2 rings (SSSR count). The van der Waals surface area contributed by atoms with Crippen LogP contribution in [0.3, 0.4) is 0 Å². The Morgan fingerprint density at radius 3 is 2.40 bits per heavy atom. The number of hydrogen-bond acceptors (Lipinski definition) is 1. The summed E-state index contributed by atoms with van der Waals surface area (Å²) in [6.45, 7) is 10.6. The monoisotopic (exact) mass is 289 g/mol. The lowest BCUT2D eigenvalue weighted by atomic mass is 9.84. The summed E-state index contributed by atoms with van der Waals surface area (Å²) in [7, 11) is -1.15. The van der Waals surface area contributed by atoms with Crippen molar-refractivity contribution >= 4 is 13.3 Å². The Morgan fingerprint density at radius 2 is 1.80 bits per heavy atom. The van der Waals surface area contributed by atoms with Crippen LogP contribution in [-0.2, 0) is 6.54 Å². The second kappa shape index (κ2) is 6.90. The van der Waals surface area contributed by atoms with E-state index in [1.807, 2.05) is 0 Å². The van der Waals surface area contributed by atoms with E-state index in [-0.39, 0.29) is 0 Å². The highest BCUT2D eigenvalue weighted by Gasteiger charge is 2.20. The predicted octanol–water partition coefficient (Wildman–Crippen LogP) is 4.29. The van der Waals surface area contributed by atoms with Crippen LogP contribution in [0.15, 0.2) is 24.3 Å². The highest BCUT2D eigenvalue weighted by atomic mass is 28.3. The fraction of sp³-hybridized carbons (Fsp3) is 0.667. The van der Waals surface area contributed by atoms with Crippen molar-refractivity contribution in [3.63, 3.8) is 0 Å². The molecule has 2 atom stereocenters. The summed E-state index contributed by atoms with van der Waals surface area (Å²) >= 11 is 0. The van der Waals surface area contributed by atoms with Gasteiger partial charge >= 0.3 is 0 Å². The zero-order valence-corrected chi connectivity index (χ0v) is 14.7. The SMILES string of the molecule is CCC1CCCC(NCc2ccc([Si](C)(C)C)cc2)C1. The lowest BCUT2D eigenvalue weighted by Crippen LogP contribution is -2.37. The minimum atomic E-state index is -1.15. The average Bonchev–Trinajstić information content (AvgIpc) is 2.45. The van der Waals surface area contributed by atoms with E-state index in [4.69, 9.17) is 0 Å². The largest absolute Gasteiger partial charge is 0.310 e. The summed E-state index contributed by atoms with van der Waals surface area (Å²) in [6.07, 6.45) is 6.94. The van der Waals surface area contributed by atoms with Crippen molar-refractivity contribution in [3.8, 4) is 0 Å². The zero-order chi connectivity index (χ0) is 14.6. The summed E-state index contributed by atoms with van der Waals surface area (Å²) in [4.78, 5) is 0. The first-order chi connectivity index (χ1) is 9.49. The number of rotatable bonds is 5. The maximum atomic E-state index is 3.77. The number of hydrogen-bond donors (Lipinski definition) is 1. The molecule has 1 saturated carbocycles. The van der Waals surface area contributed by atoms with Gasteiger partial charge in [-0.1, -0.05) is 75.3 Å². The summed E-state index contributed by atoms with van der Waals surface area (Å²) in [6, 6.07) is 10.1. The van der Waals surface area contributed by atoms with Crippen molar-refractivity contribution in [1.29, 1.82) is 0 Å². The van der Waals surface area contributed by atoms with Gasteiger partial charge in [0.2, 0.25) is 0 Å². The van der Waals surface area contributed by atoms with Crippen LogP contribution in [0.4, 0.5) is 0 Å².